The molecule has 0 bridgehead atoms. The molecular formula is C17H25NOS. The van der Waals surface area contributed by atoms with Crippen molar-refractivity contribution >= 4 is 17.7 Å². The van der Waals surface area contributed by atoms with E-state index in [9.17, 15) is 4.79 Å². The van der Waals surface area contributed by atoms with Crippen molar-refractivity contribution in [2.24, 2.45) is 0 Å². The monoisotopic (exact) mass is 291 g/mol. The van der Waals surface area contributed by atoms with Gasteiger partial charge in [-0.1, -0.05) is 37.3 Å². The van der Waals surface area contributed by atoms with Gasteiger partial charge in [0.1, 0.15) is 0 Å². The summed E-state index contributed by atoms with van der Waals surface area (Å²) in [4.78, 5) is 14.7. The second-order valence-corrected chi connectivity index (χ2v) is 6.86. The molecule has 20 heavy (non-hydrogen) atoms. The SMILES string of the molecule is CCC1CCCCN1C(=O)C(C)SCc1ccccc1. The van der Waals surface area contributed by atoms with E-state index in [0.29, 0.717) is 11.9 Å². The zero-order chi connectivity index (χ0) is 14.4. The number of carbonyl (C=O) groups is 1. The highest BCUT2D eigenvalue weighted by atomic mass is 32.2. The fourth-order valence-electron chi connectivity index (χ4n) is 2.82. The molecule has 0 aliphatic carbocycles. The molecule has 2 nitrogen and oxygen atoms in total. The minimum atomic E-state index is 0.0577. The van der Waals surface area contributed by atoms with Gasteiger partial charge in [-0.2, -0.15) is 0 Å². The molecule has 110 valence electrons. The molecule has 2 rings (SSSR count). The topological polar surface area (TPSA) is 20.3 Å². The van der Waals surface area contributed by atoms with E-state index < -0.39 is 0 Å². The van der Waals surface area contributed by atoms with Gasteiger partial charge in [-0.25, -0.2) is 0 Å². The summed E-state index contributed by atoms with van der Waals surface area (Å²) >= 11 is 1.75. The number of hydrogen-bond acceptors (Lipinski definition) is 2. The number of likely N-dealkylation sites (tertiary alicyclic amines) is 1. The molecule has 1 saturated heterocycles. The van der Waals surface area contributed by atoms with Gasteiger partial charge in [0.2, 0.25) is 5.91 Å². The van der Waals surface area contributed by atoms with E-state index in [1.807, 2.05) is 6.07 Å². The van der Waals surface area contributed by atoms with Crippen molar-refractivity contribution in [3.8, 4) is 0 Å². The quantitative estimate of drug-likeness (QED) is 0.814. The molecular weight excluding hydrogens is 266 g/mol. The maximum absolute atomic E-state index is 12.6. The summed E-state index contributed by atoms with van der Waals surface area (Å²) in [6.07, 6.45) is 4.70. The van der Waals surface area contributed by atoms with Gasteiger partial charge in [0.15, 0.2) is 0 Å². The molecule has 0 N–H and O–H groups in total. The van der Waals surface area contributed by atoms with E-state index in [0.717, 1.165) is 25.1 Å². The maximum Gasteiger partial charge on any atom is 0.235 e. The molecule has 1 heterocycles. The van der Waals surface area contributed by atoms with E-state index in [-0.39, 0.29) is 5.25 Å². The van der Waals surface area contributed by atoms with Crippen LogP contribution in [0.25, 0.3) is 0 Å². The minimum absolute atomic E-state index is 0.0577. The number of hydrogen-bond donors (Lipinski definition) is 0. The Morgan fingerprint density at radius 2 is 2.10 bits per heavy atom. The van der Waals surface area contributed by atoms with E-state index >= 15 is 0 Å². The molecule has 0 spiro atoms. The number of rotatable bonds is 5. The zero-order valence-corrected chi connectivity index (χ0v) is 13.4. The highest BCUT2D eigenvalue weighted by molar-refractivity contribution is 7.99. The summed E-state index contributed by atoms with van der Waals surface area (Å²) in [7, 11) is 0. The smallest absolute Gasteiger partial charge is 0.235 e. The summed E-state index contributed by atoms with van der Waals surface area (Å²) in [6, 6.07) is 10.9. The first kappa shape index (κ1) is 15.4. The van der Waals surface area contributed by atoms with Gasteiger partial charge < -0.3 is 4.90 Å². The third-order valence-corrected chi connectivity index (χ3v) is 5.27. The molecule has 1 amide bonds. The lowest BCUT2D eigenvalue weighted by molar-refractivity contribution is -0.134. The van der Waals surface area contributed by atoms with Gasteiger partial charge in [0.25, 0.3) is 0 Å². The molecule has 0 aromatic heterocycles. The van der Waals surface area contributed by atoms with Crippen LogP contribution in [0.2, 0.25) is 0 Å². The van der Waals surface area contributed by atoms with Gasteiger partial charge in [0, 0.05) is 18.3 Å². The second-order valence-electron chi connectivity index (χ2n) is 5.53. The first-order valence-electron chi connectivity index (χ1n) is 7.68. The van der Waals surface area contributed by atoms with Gasteiger partial charge in [-0.15, -0.1) is 11.8 Å². The molecule has 2 unspecified atom stereocenters. The lowest BCUT2D eigenvalue weighted by Crippen LogP contribution is -2.46. The van der Waals surface area contributed by atoms with Crippen molar-refractivity contribution in [3.63, 3.8) is 0 Å². The van der Waals surface area contributed by atoms with E-state index in [4.69, 9.17) is 0 Å². The molecule has 3 heteroatoms. The Hall–Kier alpha value is -0.960. The average Bonchev–Trinajstić information content (AvgIpc) is 2.52. The standard InChI is InChI=1S/C17H25NOS/c1-3-16-11-7-8-12-18(16)17(19)14(2)20-13-15-9-5-4-6-10-15/h4-6,9-10,14,16H,3,7-8,11-13H2,1-2H3. The Balaban J connectivity index is 1.87. The third kappa shape index (κ3) is 4.02. The van der Waals surface area contributed by atoms with Crippen LogP contribution in [0.3, 0.4) is 0 Å². The fraction of sp³-hybridized carbons (Fsp3) is 0.588. The molecule has 1 aliphatic heterocycles. The summed E-state index contributed by atoms with van der Waals surface area (Å²) < 4.78 is 0. The van der Waals surface area contributed by atoms with Crippen LogP contribution in [-0.2, 0) is 10.5 Å². The Morgan fingerprint density at radius 3 is 2.80 bits per heavy atom. The lowest BCUT2D eigenvalue weighted by Gasteiger charge is -2.36. The van der Waals surface area contributed by atoms with Gasteiger partial charge in [0.05, 0.1) is 5.25 Å². The first-order valence-corrected chi connectivity index (χ1v) is 8.73. The summed E-state index contributed by atoms with van der Waals surface area (Å²) in [5.41, 5.74) is 1.29. The maximum atomic E-state index is 12.6. The van der Waals surface area contributed by atoms with Crippen LogP contribution in [0.5, 0.6) is 0 Å². The van der Waals surface area contributed by atoms with Gasteiger partial charge in [-0.05, 0) is 38.2 Å². The molecule has 1 aromatic carbocycles. The summed E-state index contributed by atoms with van der Waals surface area (Å²) in [5, 5.41) is 0.0577. The van der Waals surface area contributed by atoms with Crippen LogP contribution in [-0.4, -0.2) is 28.6 Å². The van der Waals surface area contributed by atoms with Crippen molar-refractivity contribution in [1.82, 2.24) is 4.90 Å². The molecule has 1 fully saturated rings. The molecule has 1 aromatic rings. The highest BCUT2D eigenvalue weighted by Crippen LogP contribution is 2.25. The minimum Gasteiger partial charge on any atom is -0.339 e. The van der Waals surface area contributed by atoms with Crippen LogP contribution in [0.1, 0.15) is 45.1 Å². The average molecular weight is 291 g/mol. The Bertz CT molecular complexity index is 420. The van der Waals surface area contributed by atoms with Gasteiger partial charge in [-0.3, -0.25) is 4.79 Å². The largest absolute Gasteiger partial charge is 0.339 e. The number of thioether (sulfide) groups is 1. The van der Waals surface area contributed by atoms with Crippen LogP contribution in [0.4, 0.5) is 0 Å². The van der Waals surface area contributed by atoms with Crippen LogP contribution >= 0.6 is 11.8 Å². The predicted octanol–water partition coefficient (Wildman–Crippen LogP) is 4.10. The number of benzene rings is 1. The lowest BCUT2D eigenvalue weighted by atomic mass is 10.00. The number of nitrogens with zero attached hydrogens (tertiary/aromatic N) is 1. The first-order chi connectivity index (χ1) is 9.72. The zero-order valence-electron chi connectivity index (χ0n) is 12.5. The van der Waals surface area contributed by atoms with Crippen LogP contribution < -0.4 is 0 Å². The van der Waals surface area contributed by atoms with Crippen LogP contribution in [0, 0.1) is 0 Å². The van der Waals surface area contributed by atoms with E-state index in [1.165, 1.54) is 18.4 Å². The number of piperidine rings is 1. The van der Waals surface area contributed by atoms with E-state index in [1.54, 1.807) is 11.8 Å². The number of amides is 1. The molecule has 0 radical (unpaired) electrons. The summed E-state index contributed by atoms with van der Waals surface area (Å²) in [6.45, 7) is 5.20. The van der Waals surface area contributed by atoms with Crippen molar-refractivity contribution in [2.75, 3.05) is 6.54 Å². The molecule has 2 atom stereocenters. The van der Waals surface area contributed by atoms with Crippen molar-refractivity contribution in [3.05, 3.63) is 35.9 Å². The Morgan fingerprint density at radius 1 is 1.35 bits per heavy atom. The molecule has 1 aliphatic rings. The fourth-order valence-corrected chi connectivity index (χ4v) is 3.73. The van der Waals surface area contributed by atoms with Crippen molar-refractivity contribution in [1.29, 1.82) is 0 Å². The Labute approximate surface area is 126 Å². The highest BCUT2D eigenvalue weighted by Gasteiger charge is 2.28. The van der Waals surface area contributed by atoms with Gasteiger partial charge >= 0.3 is 0 Å². The van der Waals surface area contributed by atoms with Crippen molar-refractivity contribution < 1.29 is 4.79 Å². The van der Waals surface area contributed by atoms with E-state index in [2.05, 4.69) is 43.0 Å². The van der Waals surface area contributed by atoms with Crippen molar-refractivity contribution in [2.45, 2.75) is 56.6 Å². The normalized spacial score (nSPS) is 20.7. The summed E-state index contributed by atoms with van der Waals surface area (Å²) in [5.74, 6) is 1.25. The predicted molar refractivity (Wildman–Crippen MR) is 86.8 cm³/mol. The molecule has 0 saturated carbocycles. The number of carbonyl (C=O) groups excluding carboxylic acids is 1. The second kappa shape index (κ2) is 7.72. The van der Waals surface area contributed by atoms with Crippen LogP contribution in [0.15, 0.2) is 30.3 Å². The third-order valence-electron chi connectivity index (χ3n) is 4.07. The Kier molecular flexibility index (Phi) is 5.96.